The summed E-state index contributed by atoms with van der Waals surface area (Å²) in [5.41, 5.74) is 16.4. The van der Waals surface area contributed by atoms with Crippen LogP contribution in [-0.4, -0.2) is 31.6 Å². The Kier molecular flexibility index (Phi) is 4.60. The molecule has 8 nitrogen and oxygen atoms in total. The first-order valence-corrected chi connectivity index (χ1v) is 5.31. The van der Waals surface area contributed by atoms with Crippen molar-refractivity contribution in [1.82, 2.24) is 0 Å². The van der Waals surface area contributed by atoms with Crippen molar-refractivity contribution in [1.29, 1.82) is 0 Å². The lowest BCUT2D eigenvalue weighted by Gasteiger charge is -2.25. The standard InChI is InChI=1S/C9H16N6O2/c1-9(2,3)8-16-6(4-12-14-10)7(17-8)5-13-15-11/h6-8H,4-5H2,1-3H3/t6-,7-/m1/s1. The van der Waals surface area contributed by atoms with Crippen LogP contribution in [0.4, 0.5) is 0 Å². The van der Waals surface area contributed by atoms with Gasteiger partial charge >= 0.3 is 0 Å². The average molecular weight is 240 g/mol. The number of azide groups is 2. The Balaban J connectivity index is 2.70. The molecule has 2 atom stereocenters. The van der Waals surface area contributed by atoms with Crippen molar-refractivity contribution in [2.24, 2.45) is 15.6 Å². The summed E-state index contributed by atoms with van der Waals surface area (Å²) in [6, 6.07) is 0. The third-order valence-corrected chi connectivity index (χ3v) is 2.37. The first-order chi connectivity index (χ1) is 7.99. The highest BCUT2D eigenvalue weighted by molar-refractivity contribution is 4.85. The van der Waals surface area contributed by atoms with Gasteiger partial charge in [0.05, 0.1) is 25.3 Å². The topological polar surface area (TPSA) is 116 Å². The molecule has 1 rings (SSSR count). The van der Waals surface area contributed by atoms with Gasteiger partial charge < -0.3 is 9.47 Å². The van der Waals surface area contributed by atoms with Crippen molar-refractivity contribution in [3.05, 3.63) is 20.9 Å². The van der Waals surface area contributed by atoms with Gasteiger partial charge in [0.1, 0.15) is 0 Å². The number of hydrogen-bond donors (Lipinski definition) is 0. The Morgan fingerprint density at radius 3 is 1.71 bits per heavy atom. The van der Waals surface area contributed by atoms with Crippen LogP contribution < -0.4 is 0 Å². The second kappa shape index (κ2) is 5.75. The van der Waals surface area contributed by atoms with Gasteiger partial charge in [-0.1, -0.05) is 31.0 Å². The Labute approximate surface area is 99.1 Å². The highest BCUT2D eigenvalue weighted by Gasteiger charge is 2.40. The van der Waals surface area contributed by atoms with Crippen molar-refractivity contribution >= 4 is 0 Å². The SMILES string of the molecule is CC(C)(C)C1O[C@H](CN=[N+]=[N-])[C@@H](CN=[N+]=[N-])O1. The molecule has 8 heteroatoms. The summed E-state index contributed by atoms with van der Waals surface area (Å²) in [4.78, 5) is 5.37. The molecule has 1 saturated heterocycles. The lowest BCUT2D eigenvalue weighted by molar-refractivity contribution is -0.129. The third kappa shape index (κ3) is 3.80. The van der Waals surface area contributed by atoms with Crippen LogP contribution in [0.1, 0.15) is 20.8 Å². The molecule has 1 aliphatic rings. The summed E-state index contributed by atoms with van der Waals surface area (Å²) in [7, 11) is 0. The second-order valence-corrected chi connectivity index (χ2v) is 4.87. The molecule has 0 aromatic rings. The monoisotopic (exact) mass is 240 g/mol. The maximum atomic E-state index is 8.29. The number of rotatable bonds is 4. The Hall–Kier alpha value is -1.46. The smallest absolute Gasteiger partial charge is 0.163 e. The molecular weight excluding hydrogens is 224 g/mol. The summed E-state index contributed by atoms with van der Waals surface area (Å²) in [6.45, 7) is 6.30. The van der Waals surface area contributed by atoms with E-state index < -0.39 is 0 Å². The van der Waals surface area contributed by atoms with Crippen molar-refractivity contribution < 1.29 is 9.47 Å². The van der Waals surface area contributed by atoms with Crippen LogP contribution in [0.2, 0.25) is 0 Å². The maximum absolute atomic E-state index is 8.29. The van der Waals surface area contributed by atoms with Gasteiger partial charge in [-0.15, -0.1) is 0 Å². The lowest BCUT2D eigenvalue weighted by Crippen LogP contribution is -2.28. The molecule has 0 aromatic carbocycles. The van der Waals surface area contributed by atoms with E-state index in [1.165, 1.54) is 0 Å². The van der Waals surface area contributed by atoms with Crippen molar-refractivity contribution in [2.75, 3.05) is 13.1 Å². The molecule has 17 heavy (non-hydrogen) atoms. The molecule has 0 bridgehead atoms. The minimum atomic E-state index is -0.389. The fraction of sp³-hybridized carbons (Fsp3) is 1.00. The molecule has 0 unspecified atom stereocenters. The average Bonchev–Trinajstić information content (AvgIpc) is 2.66. The van der Waals surface area contributed by atoms with Crippen LogP contribution >= 0.6 is 0 Å². The van der Waals surface area contributed by atoms with E-state index in [0.29, 0.717) is 0 Å². The van der Waals surface area contributed by atoms with Crippen LogP contribution in [0.3, 0.4) is 0 Å². The normalized spacial score (nSPS) is 28.3. The van der Waals surface area contributed by atoms with Gasteiger partial charge in [0, 0.05) is 15.2 Å². The molecule has 0 amide bonds. The summed E-state index contributed by atoms with van der Waals surface area (Å²) < 4.78 is 11.3. The van der Waals surface area contributed by atoms with Gasteiger partial charge in [-0.3, -0.25) is 0 Å². The summed E-state index contributed by atoms with van der Waals surface area (Å²) in [5, 5.41) is 6.94. The largest absolute Gasteiger partial charge is 0.346 e. The highest BCUT2D eigenvalue weighted by atomic mass is 16.7. The van der Waals surface area contributed by atoms with E-state index in [1.807, 2.05) is 20.8 Å². The van der Waals surface area contributed by atoms with E-state index in [2.05, 4.69) is 20.1 Å². The van der Waals surface area contributed by atoms with Crippen LogP contribution in [0.5, 0.6) is 0 Å². The van der Waals surface area contributed by atoms with E-state index in [4.69, 9.17) is 20.5 Å². The van der Waals surface area contributed by atoms with E-state index in [1.54, 1.807) is 0 Å². The second-order valence-electron chi connectivity index (χ2n) is 4.87. The minimum absolute atomic E-state index is 0.175. The predicted octanol–water partition coefficient (Wildman–Crippen LogP) is 2.76. The zero-order valence-corrected chi connectivity index (χ0v) is 10.1. The van der Waals surface area contributed by atoms with Gasteiger partial charge in [0.25, 0.3) is 0 Å². The molecule has 0 spiro atoms. The molecule has 94 valence electrons. The highest BCUT2D eigenvalue weighted by Crippen LogP contribution is 2.32. The van der Waals surface area contributed by atoms with Crippen LogP contribution in [0, 0.1) is 5.41 Å². The van der Waals surface area contributed by atoms with Gasteiger partial charge in [-0.05, 0) is 11.1 Å². The van der Waals surface area contributed by atoms with Gasteiger partial charge in [-0.2, -0.15) is 0 Å². The Morgan fingerprint density at radius 1 is 1.00 bits per heavy atom. The van der Waals surface area contributed by atoms with E-state index >= 15 is 0 Å². The summed E-state index contributed by atoms with van der Waals surface area (Å²) >= 11 is 0. The molecule has 1 fully saturated rings. The quantitative estimate of drug-likeness (QED) is 0.426. The fourth-order valence-corrected chi connectivity index (χ4v) is 1.49. The number of ether oxygens (including phenoxy) is 2. The summed E-state index contributed by atoms with van der Waals surface area (Å²) in [6.07, 6.45) is -1.11. The van der Waals surface area contributed by atoms with Gasteiger partial charge in [-0.25, -0.2) is 0 Å². The molecule has 1 aliphatic heterocycles. The Bertz CT molecular complexity index is 325. The first-order valence-electron chi connectivity index (χ1n) is 5.31. The number of nitrogens with zero attached hydrogens (tertiary/aromatic N) is 6. The molecule has 0 N–H and O–H groups in total. The van der Waals surface area contributed by atoms with Crippen LogP contribution in [-0.2, 0) is 9.47 Å². The van der Waals surface area contributed by atoms with Crippen molar-refractivity contribution in [2.45, 2.75) is 39.3 Å². The zero-order valence-electron chi connectivity index (χ0n) is 10.1. The van der Waals surface area contributed by atoms with Gasteiger partial charge in [0.15, 0.2) is 6.29 Å². The molecule has 0 aromatic heterocycles. The molecule has 0 saturated carbocycles. The minimum Gasteiger partial charge on any atom is -0.346 e. The Morgan fingerprint density at radius 2 is 1.41 bits per heavy atom. The molecule has 1 heterocycles. The van der Waals surface area contributed by atoms with Crippen LogP contribution in [0.15, 0.2) is 10.2 Å². The first kappa shape index (κ1) is 13.6. The van der Waals surface area contributed by atoms with E-state index in [-0.39, 0.29) is 37.0 Å². The zero-order chi connectivity index (χ0) is 12.9. The van der Waals surface area contributed by atoms with Crippen LogP contribution in [0.25, 0.3) is 20.9 Å². The molecule has 0 radical (unpaired) electrons. The molecule has 0 aliphatic carbocycles. The van der Waals surface area contributed by atoms with Gasteiger partial charge in [0.2, 0.25) is 0 Å². The predicted molar refractivity (Wildman–Crippen MR) is 61.0 cm³/mol. The van der Waals surface area contributed by atoms with Crippen molar-refractivity contribution in [3.63, 3.8) is 0 Å². The van der Waals surface area contributed by atoms with E-state index in [0.717, 1.165) is 0 Å². The van der Waals surface area contributed by atoms with Crippen molar-refractivity contribution in [3.8, 4) is 0 Å². The number of hydrogen-bond acceptors (Lipinski definition) is 4. The van der Waals surface area contributed by atoms with E-state index in [9.17, 15) is 0 Å². The fourth-order valence-electron chi connectivity index (χ4n) is 1.49. The maximum Gasteiger partial charge on any atom is 0.163 e. The molecular formula is C9H16N6O2. The lowest BCUT2D eigenvalue weighted by atomic mass is 9.96. The third-order valence-electron chi connectivity index (χ3n) is 2.37. The summed E-state index contributed by atoms with van der Waals surface area (Å²) in [5.74, 6) is 0.